The second-order valence-corrected chi connectivity index (χ2v) is 3.96. The number of ketones is 1. The van der Waals surface area contributed by atoms with E-state index in [9.17, 15) is 4.79 Å². The monoisotopic (exact) mass is 208 g/mol. The highest BCUT2D eigenvalue weighted by Gasteiger charge is 2.05. The molecule has 0 atom stereocenters. The first kappa shape index (κ1) is 12.0. The van der Waals surface area contributed by atoms with E-state index in [0.717, 1.165) is 12.2 Å². The molecule has 0 aromatic carbocycles. The Hall–Kier alpha value is -1.05. The zero-order valence-electron chi connectivity index (χ0n) is 9.50. The molecule has 1 rings (SSSR count). The highest BCUT2D eigenvalue weighted by molar-refractivity contribution is 5.80. The summed E-state index contributed by atoms with van der Waals surface area (Å²) in [7, 11) is 0. The van der Waals surface area contributed by atoms with Gasteiger partial charge in [-0.25, -0.2) is 0 Å². The highest BCUT2D eigenvalue weighted by Crippen LogP contribution is 2.08. The van der Waals surface area contributed by atoms with Gasteiger partial charge in [0.1, 0.15) is 11.5 Å². The van der Waals surface area contributed by atoms with Crippen LogP contribution in [0.15, 0.2) is 22.8 Å². The molecule has 2 heteroatoms. The van der Waals surface area contributed by atoms with Crippen molar-refractivity contribution in [1.82, 2.24) is 0 Å². The third-order valence-electron chi connectivity index (χ3n) is 2.51. The maximum Gasteiger partial charge on any atom is 0.140 e. The molecule has 0 N–H and O–H groups in total. The van der Waals surface area contributed by atoms with E-state index in [-0.39, 0.29) is 0 Å². The number of carbonyl (C=O) groups excluding carboxylic acids is 1. The second kappa shape index (κ2) is 7.27. The Morgan fingerprint density at radius 2 is 2.07 bits per heavy atom. The molecule has 0 spiro atoms. The van der Waals surface area contributed by atoms with Gasteiger partial charge in [-0.3, -0.25) is 4.79 Å². The molecule has 0 radical (unpaired) electrons. The maximum absolute atomic E-state index is 11.5. The minimum absolute atomic E-state index is 0.293. The lowest BCUT2D eigenvalue weighted by Crippen LogP contribution is -2.01. The summed E-state index contributed by atoms with van der Waals surface area (Å²) in [6.45, 7) is 2.20. The number of hydrogen-bond acceptors (Lipinski definition) is 2. The molecule has 2 nitrogen and oxygen atoms in total. The van der Waals surface area contributed by atoms with E-state index in [0.29, 0.717) is 18.6 Å². The van der Waals surface area contributed by atoms with Crippen molar-refractivity contribution in [3.05, 3.63) is 24.2 Å². The van der Waals surface area contributed by atoms with Gasteiger partial charge in [-0.15, -0.1) is 0 Å². The van der Waals surface area contributed by atoms with Gasteiger partial charge in [0.05, 0.1) is 12.7 Å². The van der Waals surface area contributed by atoms with E-state index in [1.54, 1.807) is 6.26 Å². The van der Waals surface area contributed by atoms with Gasteiger partial charge in [0.2, 0.25) is 0 Å². The van der Waals surface area contributed by atoms with E-state index < -0.39 is 0 Å². The summed E-state index contributed by atoms with van der Waals surface area (Å²) in [5, 5.41) is 0. The van der Waals surface area contributed by atoms with Crippen LogP contribution in [0.3, 0.4) is 0 Å². The Bertz CT molecular complexity index is 262. The largest absolute Gasteiger partial charge is 0.469 e. The fourth-order valence-electron chi connectivity index (χ4n) is 1.62. The van der Waals surface area contributed by atoms with E-state index in [1.165, 1.54) is 25.7 Å². The molecule has 0 aliphatic carbocycles. The number of hydrogen-bond donors (Lipinski definition) is 0. The predicted molar refractivity (Wildman–Crippen MR) is 60.8 cm³/mol. The van der Waals surface area contributed by atoms with Crippen LogP contribution in [-0.4, -0.2) is 5.78 Å². The van der Waals surface area contributed by atoms with Gasteiger partial charge in [0, 0.05) is 6.42 Å². The first-order valence-corrected chi connectivity index (χ1v) is 5.87. The molecule has 84 valence electrons. The Balaban J connectivity index is 2.04. The van der Waals surface area contributed by atoms with Crippen LogP contribution in [0.1, 0.15) is 51.2 Å². The number of unbranched alkanes of at least 4 members (excludes halogenated alkanes) is 4. The molecule has 0 amide bonds. The molecule has 0 unspecified atom stereocenters. The highest BCUT2D eigenvalue weighted by atomic mass is 16.3. The fourth-order valence-corrected chi connectivity index (χ4v) is 1.62. The van der Waals surface area contributed by atoms with Gasteiger partial charge in [0.15, 0.2) is 0 Å². The van der Waals surface area contributed by atoms with Crippen molar-refractivity contribution < 1.29 is 9.21 Å². The van der Waals surface area contributed by atoms with Crippen LogP contribution < -0.4 is 0 Å². The number of Topliss-reactive ketones (excluding diaryl/α,β-unsaturated/α-hetero) is 1. The van der Waals surface area contributed by atoms with E-state index >= 15 is 0 Å². The van der Waals surface area contributed by atoms with E-state index in [2.05, 4.69) is 6.92 Å². The first-order valence-electron chi connectivity index (χ1n) is 5.87. The van der Waals surface area contributed by atoms with Crippen LogP contribution in [-0.2, 0) is 11.2 Å². The Morgan fingerprint density at radius 3 is 2.73 bits per heavy atom. The zero-order chi connectivity index (χ0) is 10.9. The van der Waals surface area contributed by atoms with Gasteiger partial charge in [-0.05, 0) is 18.6 Å². The standard InChI is InChI=1S/C13H20O2/c1-2-3-4-5-6-8-12(14)11-13-9-7-10-15-13/h7,9-10H,2-6,8,11H2,1H3. The van der Waals surface area contributed by atoms with Crippen LogP contribution in [0.5, 0.6) is 0 Å². The fraction of sp³-hybridized carbons (Fsp3) is 0.615. The minimum atomic E-state index is 0.293. The molecule has 0 bridgehead atoms. The molecule has 1 heterocycles. The minimum Gasteiger partial charge on any atom is -0.469 e. The summed E-state index contributed by atoms with van der Waals surface area (Å²) >= 11 is 0. The van der Waals surface area contributed by atoms with Gasteiger partial charge < -0.3 is 4.42 Å². The molecule has 0 saturated carbocycles. The molecule has 15 heavy (non-hydrogen) atoms. The molecule has 1 aromatic heterocycles. The molecular formula is C13H20O2. The predicted octanol–water partition coefficient (Wildman–Crippen LogP) is 3.75. The van der Waals surface area contributed by atoms with E-state index in [4.69, 9.17) is 4.42 Å². The summed E-state index contributed by atoms with van der Waals surface area (Å²) in [6, 6.07) is 3.68. The topological polar surface area (TPSA) is 30.2 Å². The summed E-state index contributed by atoms with van der Waals surface area (Å²) < 4.78 is 5.13. The van der Waals surface area contributed by atoms with Gasteiger partial charge in [-0.1, -0.05) is 32.6 Å². The van der Waals surface area contributed by atoms with Crippen molar-refractivity contribution >= 4 is 5.78 Å². The second-order valence-electron chi connectivity index (χ2n) is 3.96. The van der Waals surface area contributed by atoms with Crippen molar-refractivity contribution in [3.8, 4) is 0 Å². The van der Waals surface area contributed by atoms with Crippen LogP contribution in [0.2, 0.25) is 0 Å². The average Bonchev–Trinajstić information content (AvgIpc) is 2.70. The maximum atomic E-state index is 11.5. The van der Waals surface area contributed by atoms with Crippen LogP contribution in [0, 0.1) is 0 Å². The summed E-state index contributed by atoms with van der Waals surface area (Å²) in [5.41, 5.74) is 0. The zero-order valence-corrected chi connectivity index (χ0v) is 9.50. The van der Waals surface area contributed by atoms with Crippen LogP contribution >= 0.6 is 0 Å². The number of rotatable bonds is 8. The summed E-state index contributed by atoms with van der Waals surface area (Å²) in [4.78, 5) is 11.5. The van der Waals surface area contributed by atoms with Crippen molar-refractivity contribution in [2.75, 3.05) is 0 Å². The van der Waals surface area contributed by atoms with Crippen LogP contribution in [0.4, 0.5) is 0 Å². The SMILES string of the molecule is CCCCCCCC(=O)Cc1ccco1. The lowest BCUT2D eigenvalue weighted by molar-refractivity contribution is -0.118. The Kier molecular flexibility index (Phi) is 5.83. The summed E-state index contributed by atoms with van der Waals surface area (Å²) in [6.07, 6.45) is 8.77. The molecule has 1 aromatic rings. The van der Waals surface area contributed by atoms with Gasteiger partial charge in [-0.2, -0.15) is 0 Å². The molecular weight excluding hydrogens is 188 g/mol. The molecule has 0 aliphatic rings. The third kappa shape index (κ3) is 5.40. The van der Waals surface area contributed by atoms with Gasteiger partial charge in [0.25, 0.3) is 0 Å². The lowest BCUT2D eigenvalue weighted by atomic mass is 10.1. The average molecular weight is 208 g/mol. The number of carbonyl (C=O) groups is 1. The molecule has 0 fully saturated rings. The van der Waals surface area contributed by atoms with E-state index in [1.807, 2.05) is 12.1 Å². The number of furan rings is 1. The smallest absolute Gasteiger partial charge is 0.140 e. The van der Waals surface area contributed by atoms with Crippen LogP contribution in [0.25, 0.3) is 0 Å². The quantitative estimate of drug-likeness (QED) is 0.609. The Morgan fingerprint density at radius 1 is 1.27 bits per heavy atom. The Labute approximate surface area is 91.7 Å². The third-order valence-corrected chi connectivity index (χ3v) is 2.51. The van der Waals surface area contributed by atoms with Crippen molar-refractivity contribution in [2.24, 2.45) is 0 Å². The van der Waals surface area contributed by atoms with Crippen molar-refractivity contribution in [3.63, 3.8) is 0 Å². The summed E-state index contributed by atoms with van der Waals surface area (Å²) in [5.74, 6) is 1.08. The van der Waals surface area contributed by atoms with Crippen molar-refractivity contribution in [2.45, 2.75) is 51.9 Å². The normalized spacial score (nSPS) is 10.5. The first-order chi connectivity index (χ1) is 7.33. The molecule has 0 aliphatic heterocycles. The van der Waals surface area contributed by atoms with Crippen molar-refractivity contribution in [1.29, 1.82) is 0 Å². The van der Waals surface area contributed by atoms with Gasteiger partial charge >= 0.3 is 0 Å². The lowest BCUT2D eigenvalue weighted by Gasteiger charge is -1.99. The molecule has 0 saturated heterocycles.